The van der Waals surface area contributed by atoms with Crippen molar-refractivity contribution in [3.63, 3.8) is 0 Å². The van der Waals surface area contributed by atoms with Gasteiger partial charge in [-0.15, -0.1) is 0 Å². The lowest BCUT2D eigenvalue weighted by Gasteiger charge is -2.15. The van der Waals surface area contributed by atoms with E-state index >= 15 is 0 Å². The Morgan fingerprint density at radius 2 is 2.28 bits per heavy atom. The van der Waals surface area contributed by atoms with Gasteiger partial charge in [-0.1, -0.05) is 11.6 Å². The number of halogens is 1. The predicted octanol–water partition coefficient (Wildman–Crippen LogP) is 3.40. The van der Waals surface area contributed by atoms with E-state index in [0.29, 0.717) is 23.8 Å². The smallest absolute Gasteiger partial charge is 0.303 e. The van der Waals surface area contributed by atoms with Crippen LogP contribution in [0.15, 0.2) is 18.2 Å². The highest BCUT2D eigenvalue weighted by atomic mass is 35.5. The van der Waals surface area contributed by atoms with Gasteiger partial charge in [0.05, 0.1) is 11.6 Å². The molecule has 0 saturated heterocycles. The minimum atomic E-state index is -0.784. The molecular formula is C13H18ClNO3. The summed E-state index contributed by atoms with van der Waals surface area (Å²) < 4.78 is 5.34. The van der Waals surface area contributed by atoms with Crippen molar-refractivity contribution in [2.75, 3.05) is 11.9 Å². The highest BCUT2D eigenvalue weighted by Crippen LogP contribution is 2.28. The second kappa shape index (κ2) is 7.11. The van der Waals surface area contributed by atoms with Crippen LogP contribution >= 0.6 is 11.6 Å². The van der Waals surface area contributed by atoms with Gasteiger partial charge in [-0.25, -0.2) is 0 Å². The molecule has 1 atom stereocenters. The van der Waals surface area contributed by atoms with E-state index in [2.05, 4.69) is 5.32 Å². The number of rotatable bonds is 7. The van der Waals surface area contributed by atoms with Gasteiger partial charge in [0.1, 0.15) is 5.75 Å². The number of hydrogen-bond acceptors (Lipinski definition) is 3. The molecule has 0 bridgehead atoms. The summed E-state index contributed by atoms with van der Waals surface area (Å²) in [5, 5.41) is 12.4. The molecule has 100 valence electrons. The summed E-state index contributed by atoms with van der Waals surface area (Å²) in [5.41, 5.74) is 0.862. The quantitative estimate of drug-likeness (QED) is 0.798. The van der Waals surface area contributed by atoms with Crippen molar-refractivity contribution in [3.8, 4) is 5.75 Å². The minimum absolute atomic E-state index is 0.0788. The Kier molecular flexibility index (Phi) is 5.78. The predicted molar refractivity (Wildman–Crippen MR) is 72.6 cm³/mol. The summed E-state index contributed by atoms with van der Waals surface area (Å²) >= 11 is 6.06. The lowest BCUT2D eigenvalue weighted by atomic mass is 10.1. The maximum absolute atomic E-state index is 10.5. The first-order chi connectivity index (χ1) is 8.52. The van der Waals surface area contributed by atoms with E-state index in [-0.39, 0.29) is 12.5 Å². The Hall–Kier alpha value is -1.42. The number of nitrogens with one attached hydrogen (secondary N) is 1. The number of carbonyl (C=O) groups is 1. The molecule has 0 spiro atoms. The van der Waals surface area contributed by atoms with Crippen LogP contribution in [0.1, 0.15) is 26.7 Å². The molecule has 0 saturated carbocycles. The highest BCUT2D eigenvalue weighted by Gasteiger charge is 2.07. The third-order valence-electron chi connectivity index (χ3n) is 2.44. The Balaban J connectivity index is 2.57. The van der Waals surface area contributed by atoms with Crippen molar-refractivity contribution in [2.24, 2.45) is 0 Å². The van der Waals surface area contributed by atoms with E-state index < -0.39 is 5.97 Å². The Bertz CT molecular complexity index is 409. The second-order valence-corrected chi connectivity index (χ2v) is 4.46. The van der Waals surface area contributed by atoms with Crippen LogP contribution in [-0.2, 0) is 4.79 Å². The molecule has 18 heavy (non-hydrogen) atoms. The van der Waals surface area contributed by atoms with Gasteiger partial charge >= 0.3 is 5.97 Å². The van der Waals surface area contributed by atoms with Gasteiger partial charge in [0.2, 0.25) is 0 Å². The van der Waals surface area contributed by atoms with Crippen LogP contribution in [0.25, 0.3) is 0 Å². The van der Waals surface area contributed by atoms with Gasteiger partial charge in [0.15, 0.2) is 0 Å². The molecule has 0 aliphatic rings. The summed E-state index contributed by atoms with van der Waals surface area (Å²) in [5.74, 6) is -0.128. The standard InChI is InChI=1S/C13H18ClNO3/c1-3-18-12-6-5-10(8-11(12)14)15-9(2)4-7-13(16)17/h5-6,8-9,15H,3-4,7H2,1-2H3,(H,16,17). The molecule has 1 aromatic rings. The van der Waals surface area contributed by atoms with Crippen LogP contribution in [0.3, 0.4) is 0 Å². The van der Waals surface area contributed by atoms with Crippen molar-refractivity contribution in [3.05, 3.63) is 23.2 Å². The molecule has 5 heteroatoms. The third kappa shape index (κ3) is 4.84. The zero-order valence-electron chi connectivity index (χ0n) is 10.6. The van der Waals surface area contributed by atoms with Crippen molar-refractivity contribution in [1.82, 2.24) is 0 Å². The maximum Gasteiger partial charge on any atom is 0.303 e. The molecule has 0 radical (unpaired) electrons. The lowest BCUT2D eigenvalue weighted by Crippen LogP contribution is -2.16. The van der Waals surface area contributed by atoms with E-state index in [4.69, 9.17) is 21.4 Å². The number of ether oxygens (including phenoxy) is 1. The summed E-state index contributed by atoms with van der Waals surface area (Å²) in [6.07, 6.45) is 0.721. The number of benzene rings is 1. The van der Waals surface area contributed by atoms with E-state index in [0.717, 1.165) is 5.69 Å². The van der Waals surface area contributed by atoms with Crippen molar-refractivity contribution in [1.29, 1.82) is 0 Å². The minimum Gasteiger partial charge on any atom is -0.492 e. The topological polar surface area (TPSA) is 58.6 Å². The Labute approximate surface area is 112 Å². The molecule has 0 aliphatic heterocycles. The number of carboxylic acid groups (broad SMARTS) is 1. The molecule has 1 rings (SSSR count). The van der Waals surface area contributed by atoms with Gasteiger partial charge in [-0.2, -0.15) is 0 Å². The first-order valence-corrected chi connectivity index (χ1v) is 6.31. The molecule has 1 aromatic carbocycles. The zero-order chi connectivity index (χ0) is 13.5. The zero-order valence-corrected chi connectivity index (χ0v) is 11.3. The lowest BCUT2D eigenvalue weighted by molar-refractivity contribution is -0.137. The normalized spacial score (nSPS) is 11.9. The fourth-order valence-electron chi connectivity index (χ4n) is 1.56. The molecular weight excluding hydrogens is 254 g/mol. The average Bonchev–Trinajstić information content (AvgIpc) is 2.30. The van der Waals surface area contributed by atoms with Gasteiger partial charge in [0.25, 0.3) is 0 Å². The van der Waals surface area contributed by atoms with Gasteiger partial charge in [-0.05, 0) is 38.5 Å². The van der Waals surface area contributed by atoms with Gasteiger partial charge < -0.3 is 15.2 Å². The van der Waals surface area contributed by atoms with E-state index in [1.54, 1.807) is 12.1 Å². The van der Waals surface area contributed by atoms with Crippen LogP contribution in [0.5, 0.6) is 5.75 Å². The fraction of sp³-hybridized carbons (Fsp3) is 0.462. The molecule has 0 amide bonds. The van der Waals surface area contributed by atoms with Crippen molar-refractivity contribution < 1.29 is 14.6 Å². The summed E-state index contributed by atoms with van der Waals surface area (Å²) in [6.45, 7) is 4.41. The van der Waals surface area contributed by atoms with Crippen LogP contribution in [-0.4, -0.2) is 23.7 Å². The summed E-state index contributed by atoms with van der Waals surface area (Å²) in [4.78, 5) is 10.5. The summed E-state index contributed by atoms with van der Waals surface area (Å²) in [7, 11) is 0. The maximum atomic E-state index is 10.5. The average molecular weight is 272 g/mol. The van der Waals surface area contributed by atoms with E-state index in [9.17, 15) is 4.79 Å². The molecule has 0 heterocycles. The number of aliphatic carboxylic acids is 1. The van der Waals surface area contributed by atoms with E-state index in [1.165, 1.54) is 0 Å². The molecule has 4 nitrogen and oxygen atoms in total. The fourth-order valence-corrected chi connectivity index (χ4v) is 1.79. The summed E-state index contributed by atoms with van der Waals surface area (Å²) in [6, 6.07) is 5.53. The van der Waals surface area contributed by atoms with Crippen LogP contribution in [0, 0.1) is 0 Å². The van der Waals surface area contributed by atoms with Gasteiger partial charge in [-0.3, -0.25) is 4.79 Å². The molecule has 0 aliphatic carbocycles. The first kappa shape index (κ1) is 14.6. The molecule has 0 aromatic heterocycles. The van der Waals surface area contributed by atoms with Gasteiger partial charge in [0, 0.05) is 18.2 Å². The molecule has 0 fully saturated rings. The first-order valence-electron chi connectivity index (χ1n) is 5.93. The third-order valence-corrected chi connectivity index (χ3v) is 2.73. The monoisotopic (exact) mass is 271 g/mol. The van der Waals surface area contributed by atoms with Crippen LogP contribution in [0.4, 0.5) is 5.69 Å². The van der Waals surface area contributed by atoms with Crippen molar-refractivity contribution >= 4 is 23.3 Å². The SMILES string of the molecule is CCOc1ccc(NC(C)CCC(=O)O)cc1Cl. The van der Waals surface area contributed by atoms with Crippen LogP contribution < -0.4 is 10.1 Å². The largest absolute Gasteiger partial charge is 0.492 e. The van der Waals surface area contributed by atoms with E-state index in [1.807, 2.05) is 19.9 Å². The number of hydrogen-bond donors (Lipinski definition) is 2. The highest BCUT2D eigenvalue weighted by molar-refractivity contribution is 6.32. The second-order valence-electron chi connectivity index (χ2n) is 4.06. The Morgan fingerprint density at radius 1 is 1.56 bits per heavy atom. The number of anilines is 1. The molecule has 2 N–H and O–H groups in total. The number of carboxylic acids is 1. The Morgan fingerprint density at radius 3 is 2.83 bits per heavy atom. The molecule has 1 unspecified atom stereocenters. The van der Waals surface area contributed by atoms with Crippen LogP contribution in [0.2, 0.25) is 5.02 Å². The van der Waals surface area contributed by atoms with Crippen molar-refractivity contribution in [2.45, 2.75) is 32.7 Å².